The summed E-state index contributed by atoms with van der Waals surface area (Å²) in [4.78, 5) is 2.51. The number of nitrogens with zero attached hydrogens (tertiary/aromatic N) is 1. The Morgan fingerprint density at radius 2 is 1.67 bits per heavy atom. The van der Waals surface area contributed by atoms with Gasteiger partial charge in [0.1, 0.15) is 0 Å². The fourth-order valence-corrected chi connectivity index (χ4v) is 4.42. The molecule has 0 amide bonds. The van der Waals surface area contributed by atoms with E-state index in [9.17, 15) is 0 Å². The zero-order chi connectivity index (χ0) is 12.8. The normalized spacial score (nSPS) is 11.3. The Morgan fingerprint density at radius 1 is 0.944 bits per heavy atom. The van der Waals surface area contributed by atoms with Crippen LogP contribution in [0.25, 0.3) is 10.8 Å². The third-order valence-corrected chi connectivity index (χ3v) is 5.52. The molecule has 0 heterocycles. The van der Waals surface area contributed by atoms with E-state index >= 15 is 0 Å². The first-order valence-electron chi connectivity index (χ1n) is 6.68. The Labute approximate surface area is 116 Å². The van der Waals surface area contributed by atoms with Gasteiger partial charge in [-0.3, -0.25) is 0 Å². The molecule has 0 radical (unpaired) electrons. The summed E-state index contributed by atoms with van der Waals surface area (Å²) in [7, 11) is 0. The molecule has 0 aliphatic heterocycles. The van der Waals surface area contributed by atoms with E-state index in [4.69, 9.17) is 0 Å². The summed E-state index contributed by atoms with van der Waals surface area (Å²) >= 11 is 0.587. The maximum atomic E-state index is 2.51. The first-order chi connectivity index (χ1) is 8.85. The Balaban J connectivity index is 2.03. The van der Waals surface area contributed by atoms with E-state index in [0.29, 0.717) is 15.0 Å². The number of hydrogen-bond donors (Lipinski definition) is 0. The van der Waals surface area contributed by atoms with Crippen molar-refractivity contribution in [3.8, 4) is 0 Å². The van der Waals surface area contributed by atoms with Crippen LogP contribution in [0.1, 0.15) is 13.8 Å². The van der Waals surface area contributed by atoms with Gasteiger partial charge in [0, 0.05) is 0 Å². The van der Waals surface area contributed by atoms with Crippen molar-refractivity contribution in [2.75, 3.05) is 19.6 Å². The number of rotatable bonds is 6. The van der Waals surface area contributed by atoms with E-state index in [1.807, 2.05) is 0 Å². The van der Waals surface area contributed by atoms with Gasteiger partial charge in [-0.2, -0.15) is 0 Å². The number of fused-ring (bicyclic) bond motifs is 1. The van der Waals surface area contributed by atoms with Crippen LogP contribution >= 0.6 is 0 Å². The summed E-state index contributed by atoms with van der Waals surface area (Å²) in [5, 5.41) is 4.13. The SMILES string of the molecule is CCN(CC)CC[Se]c1cccc2ccccc12. The molecule has 0 spiro atoms. The predicted octanol–water partition coefficient (Wildman–Crippen LogP) is 2.93. The van der Waals surface area contributed by atoms with Gasteiger partial charge >= 0.3 is 116 Å². The predicted molar refractivity (Wildman–Crippen MR) is 81.9 cm³/mol. The van der Waals surface area contributed by atoms with Crippen LogP contribution in [-0.2, 0) is 0 Å². The van der Waals surface area contributed by atoms with Gasteiger partial charge in [-0.05, 0) is 0 Å². The van der Waals surface area contributed by atoms with Crippen LogP contribution in [0.15, 0.2) is 42.5 Å². The van der Waals surface area contributed by atoms with Crippen LogP contribution in [0.3, 0.4) is 0 Å². The van der Waals surface area contributed by atoms with Crippen LogP contribution in [0, 0.1) is 0 Å². The molecule has 2 aromatic rings. The molecule has 0 aromatic heterocycles. The summed E-state index contributed by atoms with van der Waals surface area (Å²) < 4.78 is 1.55. The Bertz CT molecular complexity index is 486. The molecule has 0 unspecified atom stereocenters. The van der Waals surface area contributed by atoms with E-state index in [1.165, 1.54) is 35.7 Å². The zero-order valence-electron chi connectivity index (χ0n) is 11.2. The molecule has 2 aromatic carbocycles. The van der Waals surface area contributed by atoms with Crippen molar-refractivity contribution < 1.29 is 0 Å². The molecule has 0 saturated heterocycles. The summed E-state index contributed by atoms with van der Waals surface area (Å²) in [6.45, 7) is 8.06. The topological polar surface area (TPSA) is 3.24 Å². The average molecular weight is 306 g/mol. The van der Waals surface area contributed by atoms with Crippen molar-refractivity contribution in [3.63, 3.8) is 0 Å². The van der Waals surface area contributed by atoms with Crippen LogP contribution in [0.2, 0.25) is 5.32 Å². The van der Waals surface area contributed by atoms with Gasteiger partial charge in [0.15, 0.2) is 0 Å². The minimum atomic E-state index is 0.587. The average Bonchev–Trinajstić information content (AvgIpc) is 2.44. The monoisotopic (exact) mass is 307 g/mol. The van der Waals surface area contributed by atoms with Crippen molar-refractivity contribution in [3.05, 3.63) is 42.5 Å². The molecule has 2 heteroatoms. The zero-order valence-corrected chi connectivity index (χ0v) is 12.9. The van der Waals surface area contributed by atoms with E-state index in [0.717, 1.165) is 0 Å². The van der Waals surface area contributed by atoms with E-state index < -0.39 is 0 Å². The minimum absolute atomic E-state index is 0.587. The summed E-state index contributed by atoms with van der Waals surface area (Å²) in [6.07, 6.45) is 0. The molecule has 96 valence electrons. The van der Waals surface area contributed by atoms with Crippen LogP contribution in [0.5, 0.6) is 0 Å². The Hall–Kier alpha value is -0.821. The van der Waals surface area contributed by atoms with Crippen molar-refractivity contribution >= 4 is 30.2 Å². The Kier molecular flexibility index (Phi) is 5.25. The third kappa shape index (κ3) is 3.35. The molecule has 0 atom stereocenters. The van der Waals surface area contributed by atoms with Crippen molar-refractivity contribution in [2.24, 2.45) is 0 Å². The van der Waals surface area contributed by atoms with Gasteiger partial charge in [0.05, 0.1) is 0 Å². The first-order valence-corrected chi connectivity index (χ1v) is 8.74. The standard InChI is InChI=1S/C16H21NSe/c1-3-17(4-2)12-13-18-16-11-7-9-14-8-5-6-10-15(14)16/h5-11H,3-4,12-13H2,1-2H3. The van der Waals surface area contributed by atoms with Gasteiger partial charge in [0.2, 0.25) is 0 Å². The van der Waals surface area contributed by atoms with E-state index in [-0.39, 0.29) is 0 Å². The number of hydrogen-bond acceptors (Lipinski definition) is 1. The van der Waals surface area contributed by atoms with Gasteiger partial charge in [0.25, 0.3) is 0 Å². The fourth-order valence-electron chi connectivity index (χ4n) is 2.15. The molecule has 0 aliphatic carbocycles. The van der Waals surface area contributed by atoms with Gasteiger partial charge < -0.3 is 0 Å². The molecule has 0 aliphatic rings. The first kappa shape index (κ1) is 13.6. The second-order valence-corrected chi connectivity index (χ2v) is 6.74. The van der Waals surface area contributed by atoms with Crippen molar-refractivity contribution in [1.29, 1.82) is 0 Å². The van der Waals surface area contributed by atoms with Crippen LogP contribution in [0.4, 0.5) is 0 Å². The van der Waals surface area contributed by atoms with Gasteiger partial charge in [-0.15, -0.1) is 0 Å². The molecule has 0 fully saturated rings. The molecule has 18 heavy (non-hydrogen) atoms. The van der Waals surface area contributed by atoms with Crippen LogP contribution < -0.4 is 4.46 Å². The van der Waals surface area contributed by atoms with Gasteiger partial charge in [-0.25, -0.2) is 0 Å². The molecule has 0 N–H and O–H groups in total. The third-order valence-electron chi connectivity index (χ3n) is 3.31. The Morgan fingerprint density at radius 3 is 2.44 bits per heavy atom. The van der Waals surface area contributed by atoms with Crippen molar-refractivity contribution in [2.45, 2.75) is 19.2 Å². The van der Waals surface area contributed by atoms with Gasteiger partial charge in [-0.1, -0.05) is 0 Å². The molecule has 0 bridgehead atoms. The molecule has 2 rings (SSSR count). The maximum absolute atomic E-state index is 2.51. The van der Waals surface area contributed by atoms with Crippen molar-refractivity contribution in [1.82, 2.24) is 4.90 Å². The molecular weight excluding hydrogens is 285 g/mol. The molecule has 1 nitrogen and oxygen atoms in total. The number of benzene rings is 2. The second-order valence-electron chi connectivity index (χ2n) is 4.35. The summed E-state index contributed by atoms with van der Waals surface area (Å²) in [6, 6.07) is 15.4. The summed E-state index contributed by atoms with van der Waals surface area (Å²) in [5.74, 6) is 0. The molecule has 0 saturated carbocycles. The van der Waals surface area contributed by atoms with E-state index in [1.54, 1.807) is 4.46 Å². The quantitative estimate of drug-likeness (QED) is 0.742. The molecular formula is C16H21NSe. The second kappa shape index (κ2) is 6.94. The van der Waals surface area contributed by atoms with E-state index in [2.05, 4.69) is 61.2 Å². The fraction of sp³-hybridized carbons (Fsp3) is 0.375. The summed E-state index contributed by atoms with van der Waals surface area (Å²) in [5.41, 5.74) is 0. The van der Waals surface area contributed by atoms with Crippen LogP contribution in [-0.4, -0.2) is 39.5 Å².